The van der Waals surface area contributed by atoms with Crippen molar-refractivity contribution in [3.63, 3.8) is 0 Å². The van der Waals surface area contributed by atoms with Gasteiger partial charge in [0.25, 0.3) is 0 Å². The molecule has 1 aromatic carbocycles. The normalized spacial score (nSPS) is 26.3. The molecule has 15 heavy (non-hydrogen) atoms. The highest BCUT2D eigenvalue weighted by atomic mass is 15.0. The Kier molecular flexibility index (Phi) is 3.39. The van der Waals surface area contributed by atoms with E-state index in [1.165, 1.54) is 12.0 Å². The van der Waals surface area contributed by atoms with E-state index in [0.29, 0.717) is 12.1 Å². The topological polar surface area (TPSA) is 24.1 Å². The highest BCUT2D eigenvalue weighted by Gasteiger charge is 2.37. The molecular formula is C13H20N2. The molecular weight excluding hydrogens is 184 g/mol. The summed E-state index contributed by atoms with van der Waals surface area (Å²) in [6.45, 7) is 3.26. The first-order valence-electron chi connectivity index (χ1n) is 5.77. The SMILES string of the molecule is CNC(C)CNC1CC1c1ccccc1. The average molecular weight is 204 g/mol. The van der Waals surface area contributed by atoms with Crippen LogP contribution in [0.5, 0.6) is 0 Å². The van der Waals surface area contributed by atoms with Gasteiger partial charge in [0.1, 0.15) is 0 Å². The Morgan fingerprint density at radius 2 is 2.07 bits per heavy atom. The van der Waals surface area contributed by atoms with Crippen LogP contribution in [0.15, 0.2) is 30.3 Å². The van der Waals surface area contributed by atoms with Gasteiger partial charge in [0.2, 0.25) is 0 Å². The summed E-state index contributed by atoms with van der Waals surface area (Å²) in [5.74, 6) is 0.746. The van der Waals surface area contributed by atoms with Crippen LogP contribution in [0.25, 0.3) is 0 Å². The molecule has 1 aliphatic carbocycles. The van der Waals surface area contributed by atoms with Gasteiger partial charge in [-0.05, 0) is 26.0 Å². The van der Waals surface area contributed by atoms with Crippen molar-refractivity contribution in [3.8, 4) is 0 Å². The number of hydrogen-bond acceptors (Lipinski definition) is 2. The molecule has 3 atom stereocenters. The lowest BCUT2D eigenvalue weighted by Gasteiger charge is -2.11. The lowest BCUT2D eigenvalue weighted by atomic mass is 10.1. The fourth-order valence-corrected chi connectivity index (χ4v) is 1.92. The lowest BCUT2D eigenvalue weighted by molar-refractivity contribution is 0.535. The first kappa shape index (κ1) is 10.7. The number of rotatable bonds is 5. The maximum absolute atomic E-state index is 3.59. The molecule has 2 heteroatoms. The summed E-state index contributed by atoms with van der Waals surface area (Å²) in [5.41, 5.74) is 1.48. The van der Waals surface area contributed by atoms with Crippen molar-refractivity contribution in [3.05, 3.63) is 35.9 Å². The highest BCUT2D eigenvalue weighted by molar-refractivity contribution is 5.27. The predicted octanol–water partition coefficient (Wildman–Crippen LogP) is 1.74. The van der Waals surface area contributed by atoms with Crippen molar-refractivity contribution < 1.29 is 0 Å². The van der Waals surface area contributed by atoms with E-state index in [-0.39, 0.29) is 0 Å². The molecule has 2 rings (SSSR count). The maximum atomic E-state index is 3.59. The van der Waals surface area contributed by atoms with Crippen LogP contribution in [0.3, 0.4) is 0 Å². The average Bonchev–Trinajstić information content (AvgIpc) is 3.06. The molecule has 1 aliphatic rings. The monoisotopic (exact) mass is 204 g/mol. The molecule has 0 spiro atoms. The number of nitrogens with one attached hydrogen (secondary N) is 2. The Bertz CT molecular complexity index is 297. The van der Waals surface area contributed by atoms with Gasteiger partial charge in [-0.1, -0.05) is 30.3 Å². The first-order chi connectivity index (χ1) is 7.31. The van der Waals surface area contributed by atoms with Crippen LogP contribution in [-0.4, -0.2) is 25.7 Å². The van der Waals surface area contributed by atoms with Gasteiger partial charge in [0, 0.05) is 24.5 Å². The second kappa shape index (κ2) is 4.77. The zero-order chi connectivity index (χ0) is 10.7. The fraction of sp³-hybridized carbons (Fsp3) is 0.538. The predicted molar refractivity (Wildman–Crippen MR) is 64.1 cm³/mol. The smallest absolute Gasteiger partial charge is 0.0161 e. The van der Waals surface area contributed by atoms with Crippen molar-refractivity contribution in [1.82, 2.24) is 10.6 Å². The van der Waals surface area contributed by atoms with Crippen LogP contribution < -0.4 is 10.6 Å². The molecule has 2 N–H and O–H groups in total. The van der Waals surface area contributed by atoms with Gasteiger partial charge in [-0.3, -0.25) is 0 Å². The van der Waals surface area contributed by atoms with Crippen molar-refractivity contribution in [2.45, 2.75) is 31.3 Å². The number of benzene rings is 1. The Morgan fingerprint density at radius 3 is 2.73 bits per heavy atom. The lowest BCUT2D eigenvalue weighted by Crippen LogP contribution is -2.35. The van der Waals surface area contributed by atoms with Crippen molar-refractivity contribution in [2.24, 2.45) is 0 Å². The molecule has 0 aliphatic heterocycles. The molecule has 0 heterocycles. The Morgan fingerprint density at radius 1 is 1.33 bits per heavy atom. The van der Waals surface area contributed by atoms with Gasteiger partial charge < -0.3 is 10.6 Å². The van der Waals surface area contributed by atoms with E-state index in [2.05, 4.69) is 47.9 Å². The summed E-state index contributed by atoms with van der Waals surface area (Å²) in [5, 5.41) is 6.83. The van der Waals surface area contributed by atoms with E-state index in [0.717, 1.165) is 12.5 Å². The summed E-state index contributed by atoms with van der Waals surface area (Å²) in [6.07, 6.45) is 1.29. The molecule has 2 nitrogen and oxygen atoms in total. The Balaban J connectivity index is 1.77. The molecule has 3 unspecified atom stereocenters. The molecule has 0 bridgehead atoms. The van der Waals surface area contributed by atoms with Gasteiger partial charge in [0.15, 0.2) is 0 Å². The summed E-state index contributed by atoms with van der Waals surface area (Å²) >= 11 is 0. The van der Waals surface area contributed by atoms with Gasteiger partial charge in [-0.15, -0.1) is 0 Å². The largest absolute Gasteiger partial charge is 0.316 e. The Hall–Kier alpha value is -0.860. The second-order valence-corrected chi connectivity index (χ2v) is 4.46. The van der Waals surface area contributed by atoms with Crippen molar-refractivity contribution in [2.75, 3.05) is 13.6 Å². The van der Waals surface area contributed by atoms with E-state index in [1.54, 1.807) is 0 Å². The third kappa shape index (κ3) is 2.80. The Labute approximate surface area is 92.1 Å². The van der Waals surface area contributed by atoms with E-state index >= 15 is 0 Å². The summed E-state index contributed by atoms with van der Waals surface area (Å²) in [4.78, 5) is 0. The van der Waals surface area contributed by atoms with Crippen molar-refractivity contribution >= 4 is 0 Å². The van der Waals surface area contributed by atoms with Gasteiger partial charge >= 0.3 is 0 Å². The maximum Gasteiger partial charge on any atom is 0.0161 e. The minimum absolute atomic E-state index is 0.557. The van der Waals surface area contributed by atoms with Crippen LogP contribution in [0, 0.1) is 0 Å². The van der Waals surface area contributed by atoms with Crippen LogP contribution in [-0.2, 0) is 0 Å². The molecule has 82 valence electrons. The molecule has 0 amide bonds. The molecule has 0 radical (unpaired) electrons. The molecule has 1 fully saturated rings. The quantitative estimate of drug-likeness (QED) is 0.763. The standard InChI is InChI=1S/C13H20N2/c1-10(14-2)9-15-13-8-12(13)11-6-4-3-5-7-11/h3-7,10,12-15H,8-9H2,1-2H3. The molecule has 1 saturated carbocycles. The van der Waals surface area contributed by atoms with Gasteiger partial charge in [-0.2, -0.15) is 0 Å². The molecule has 0 aromatic heterocycles. The summed E-state index contributed by atoms with van der Waals surface area (Å²) in [7, 11) is 2.01. The fourth-order valence-electron chi connectivity index (χ4n) is 1.92. The number of likely N-dealkylation sites (N-methyl/N-ethyl adjacent to an activating group) is 1. The van der Waals surface area contributed by atoms with E-state index in [1.807, 2.05) is 7.05 Å². The zero-order valence-corrected chi connectivity index (χ0v) is 9.53. The minimum atomic E-state index is 0.557. The zero-order valence-electron chi connectivity index (χ0n) is 9.53. The minimum Gasteiger partial charge on any atom is -0.316 e. The highest BCUT2D eigenvalue weighted by Crippen LogP contribution is 2.40. The van der Waals surface area contributed by atoms with Gasteiger partial charge in [0.05, 0.1) is 0 Å². The first-order valence-corrected chi connectivity index (χ1v) is 5.77. The van der Waals surface area contributed by atoms with Crippen LogP contribution in [0.1, 0.15) is 24.8 Å². The molecule has 1 aromatic rings. The van der Waals surface area contributed by atoms with Crippen LogP contribution in [0.2, 0.25) is 0 Å². The van der Waals surface area contributed by atoms with E-state index < -0.39 is 0 Å². The van der Waals surface area contributed by atoms with E-state index in [4.69, 9.17) is 0 Å². The summed E-state index contributed by atoms with van der Waals surface area (Å²) < 4.78 is 0. The second-order valence-electron chi connectivity index (χ2n) is 4.46. The van der Waals surface area contributed by atoms with Crippen molar-refractivity contribution in [1.29, 1.82) is 0 Å². The number of hydrogen-bond donors (Lipinski definition) is 2. The van der Waals surface area contributed by atoms with Gasteiger partial charge in [-0.25, -0.2) is 0 Å². The van der Waals surface area contributed by atoms with E-state index in [9.17, 15) is 0 Å². The van der Waals surface area contributed by atoms with Crippen LogP contribution in [0.4, 0.5) is 0 Å². The summed E-state index contributed by atoms with van der Waals surface area (Å²) in [6, 6.07) is 12.0. The third-order valence-electron chi connectivity index (χ3n) is 3.20. The molecule has 0 saturated heterocycles. The third-order valence-corrected chi connectivity index (χ3v) is 3.20. The van der Waals surface area contributed by atoms with Crippen LogP contribution >= 0.6 is 0 Å².